The van der Waals surface area contributed by atoms with Gasteiger partial charge in [-0.3, -0.25) is 4.79 Å². The summed E-state index contributed by atoms with van der Waals surface area (Å²) in [5, 5.41) is 10.6. The molecule has 0 spiro atoms. The van der Waals surface area contributed by atoms with Gasteiger partial charge in [-0.1, -0.05) is 6.42 Å². The second-order valence-corrected chi connectivity index (χ2v) is 5.80. The van der Waals surface area contributed by atoms with Crippen molar-refractivity contribution in [2.75, 3.05) is 18.8 Å². The number of nitrogens with one attached hydrogen (secondary N) is 2. The molecular formula is C9H19N3O3S. The number of piperidine rings is 1. The molecule has 0 saturated carbocycles. The van der Waals surface area contributed by atoms with Crippen LogP contribution in [-0.4, -0.2) is 39.2 Å². The molecule has 1 rings (SSSR count). The molecular weight excluding hydrogens is 230 g/mol. The van der Waals surface area contributed by atoms with Crippen molar-refractivity contribution in [3.8, 4) is 0 Å². The minimum Gasteiger partial charge on any atom is -0.355 e. The number of hydrogen-bond acceptors (Lipinski definition) is 4. The predicted molar refractivity (Wildman–Crippen MR) is 61.2 cm³/mol. The first kappa shape index (κ1) is 13.4. The molecule has 16 heavy (non-hydrogen) atoms. The van der Waals surface area contributed by atoms with Gasteiger partial charge >= 0.3 is 0 Å². The number of rotatable bonds is 5. The zero-order valence-electron chi connectivity index (χ0n) is 9.24. The van der Waals surface area contributed by atoms with Crippen LogP contribution >= 0.6 is 0 Å². The van der Waals surface area contributed by atoms with Crippen molar-refractivity contribution in [1.29, 1.82) is 0 Å². The molecule has 4 N–H and O–H groups in total. The summed E-state index contributed by atoms with van der Waals surface area (Å²) in [4.78, 5) is 11.4. The van der Waals surface area contributed by atoms with Gasteiger partial charge in [0.2, 0.25) is 15.9 Å². The van der Waals surface area contributed by atoms with Crippen molar-refractivity contribution in [3.63, 3.8) is 0 Å². The Morgan fingerprint density at radius 3 is 2.75 bits per heavy atom. The Bertz CT molecular complexity index is 323. The monoisotopic (exact) mass is 249 g/mol. The van der Waals surface area contributed by atoms with E-state index < -0.39 is 10.0 Å². The summed E-state index contributed by atoms with van der Waals surface area (Å²) in [6, 6.07) is 0.225. The number of hydrogen-bond donors (Lipinski definition) is 3. The summed E-state index contributed by atoms with van der Waals surface area (Å²) >= 11 is 0. The molecule has 1 unspecified atom stereocenters. The third-order valence-electron chi connectivity index (χ3n) is 2.55. The second-order valence-electron chi connectivity index (χ2n) is 4.07. The normalized spacial score (nSPS) is 21.7. The summed E-state index contributed by atoms with van der Waals surface area (Å²) in [7, 11) is -3.48. The standard InChI is InChI=1S/C9H19N3O3S/c10-16(14,15)6-5-12-9(13)7-8-3-1-2-4-11-8/h8,11H,1-7H2,(H,12,13)(H2,10,14,15). The summed E-state index contributed by atoms with van der Waals surface area (Å²) in [5.41, 5.74) is 0. The van der Waals surface area contributed by atoms with E-state index in [2.05, 4.69) is 10.6 Å². The summed E-state index contributed by atoms with van der Waals surface area (Å²) in [6.45, 7) is 1.04. The van der Waals surface area contributed by atoms with E-state index in [1.165, 1.54) is 0 Å². The molecule has 0 bridgehead atoms. The minimum absolute atomic E-state index is 0.0877. The highest BCUT2D eigenvalue weighted by atomic mass is 32.2. The predicted octanol–water partition coefficient (Wildman–Crippen LogP) is -1.08. The lowest BCUT2D eigenvalue weighted by Crippen LogP contribution is -2.40. The first-order valence-electron chi connectivity index (χ1n) is 5.48. The third-order valence-corrected chi connectivity index (χ3v) is 3.33. The Morgan fingerprint density at radius 1 is 1.44 bits per heavy atom. The second kappa shape index (κ2) is 6.17. The summed E-state index contributed by atoms with van der Waals surface area (Å²) in [5.74, 6) is -0.334. The fourth-order valence-corrected chi connectivity index (χ4v) is 2.11. The summed E-state index contributed by atoms with van der Waals surface area (Å²) < 4.78 is 21.2. The number of carbonyl (C=O) groups excluding carboxylic acids is 1. The van der Waals surface area contributed by atoms with Crippen molar-refractivity contribution in [3.05, 3.63) is 0 Å². The van der Waals surface area contributed by atoms with E-state index in [0.717, 1.165) is 25.8 Å². The Kier molecular flexibility index (Phi) is 5.17. The van der Waals surface area contributed by atoms with Crippen LogP contribution in [0.4, 0.5) is 0 Å². The molecule has 0 aliphatic carbocycles. The van der Waals surface area contributed by atoms with Crippen LogP contribution < -0.4 is 15.8 Å². The van der Waals surface area contributed by atoms with Gasteiger partial charge < -0.3 is 10.6 Å². The molecule has 94 valence electrons. The van der Waals surface area contributed by atoms with Crippen LogP contribution in [-0.2, 0) is 14.8 Å². The third kappa shape index (κ3) is 6.04. The molecule has 0 aromatic rings. The van der Waals surface area contributed by atoms with E-state index in [-0.39, 0.29) is 24.2 Å². The Labute approximate surface area is 96.0 Å². The fourth-order valence-electron chi connectivity index (χ4n) is 1.73. The van der Waals surface area contributed by atoms with Gasteiger partial charge in [0.25, 0.3) is 0 Å². The molecule has 7 heteroatoms. The molecule has 1 aliphatic heterocycles. The molecule has 1 amide bonds. The molecule has 1 atom stereocenters. The fraction of sp³-hybridized carbons (Fsp3) is 0.889. The first-order valence-corrected chi connectivity index (χ1v) is 7.19. The quantitative estimate of drug-likeness (QED) is 0.577. The van der Waals surface area contributed by atoms with Crippen LogP contribution in [0.2, 0.25) is 0 Å². The maximum absolute atomic E-state index is 11.4. The maximum Gasteiger partial charge on any atom is 0.221 e. The molecule has 1 fully saturated rings. The van der Waals surface area contributed by atoms with Gasteiger partial charge in [-0.25, -0.2) is 13.6 Å². The molecule has 1 saturated heterocycles. The van der Waals surface area contributed by atoms with E-state index >= 15 is 0 Å². The zero-order valence-corrected chi connectivity index (χ0v) is 10.1. The van der Waals surface area contributed by atoms with Crippen molar-refractivity contribution >= 4 is 15.9 Å². The largest absolute Gasteiger partial charge is 0.355 e. The van der Waals surface area contributed by atoms with Crippen LogP contribution in [0.1, 0.15) is 25.7 Å². The Balaban J connectivity index is 2.15. The van der Waals surface area contributed by atoms with Crippen LogP contribution in [0, 0.1) is 0 Å². The minimum atomic E-state index is -3.48. The lowest BCUT2D eigenvalue weighted by Gasteiger charge is -2.22. The van der Waals surface area contributed by atoms with Crippen LogP contribution in [0.3, 0.4) is 0 Å². The number of nitrogens with two attached hydrogens (primary N) is 1. The van der Waals surface area contributed by atoms with E-state index in [1.807, 2.05) is 0 Å². The highest BCUT2D eigenvalue weighted by molar-refractivity contribution is 7.89. The maximum atomic E-state index is 11.4. The van der Waals surface area contributed by atoms with Gasteiger partial charge in [-0.2, -0.15) is 0 Å². The highest BCUT2D eigenvalue weighted by Gasteiger charge is 2.16. The molecule has 0 aromatic heterocycles. The lowest BCUT2D eigenvalue weighted by molar-refractivity contribution is -0.121. The van der Waals surface area contributed by atoms with Gasteiger partial charge in [0.15, 0.2) is 0 Å². The molecule has 0 aromatic carbocycles. The van der Waals surface area contributed by atoms with Crippen molar-refractivity contribution in [2.45, 2.75) is 31.7 Å². The van der Waals surface area contributed by atoms with Crippen molar-refractivity contribution in [1.82, 2.24) is 10.6 Å². The van der Waals surface area contributed by atoms with Gasteiger partial charge in [0.05, 0.1) is 5.75 Å². The number of primary sulfonamides is 1. The van der Waals surface area contributed by atoms with Gasteiger partial charge in [0, 0.05) is 19.0 Å². The molecule has 6 nitrogen and oxygen atoms in total. The van der Waals surface area contributed by atoms with E-state index in [4.69, 9.17) is 5.14 Å². The molecule has 0 radical (unpaired) electrons. The SMILES string of the molecule is NS(=O)(=O)CCNC(=O)CC1CCCCN1. The highest BCUT2D eigenvalue weighted by Crippen LogP contribution is 2.09. The van der Waals surface area contributed by atoms with E-state index in [0.29, 0.717) is 6.42 Å². The van der Waals surface area contributed by atoms with Crippen molar-refractivity contribution in [2.24, 2.45) is 5.14 Å². The number of sulfonamides is 1. The zero-order chi connectivity index (χ0) is 12.0. The Morgan fingerprint density at radius 2 is 2.19 bits per heavy atom. The topological polar surface area (TPSA) is 101 Å². The van der Waals surface area contributed by atoms with Crippen LogP contribution in [0.25, 0.3) is 0 Å². The molecule has 1 aliphatic rings. The van der Waals surface area contributed by atoms with Crippen LogP contribution in [0.15, 0.2) is 0 Å². The summed E-state index contributed by atoms with van der Waals surface area (Å²) in [6.07, 6.45) is 3.71. The average molecular weight is 249 g/mol. The van der Waals surface area contributed by atoms with E-state index in [9.17, 15) is 13.2 Å². The van der Waals surface area contributed by atoms with Gasteiger partial charge in [-0.15, -0.1) is 0 Å². The molecule has 1 heterocycles. The van der Waals surface area contributed by atoms with Gasteiger partial charge in [-0.05, 0) is 19.4 Å². The van der Waals surface area contributed by atoms with Crippen molar-refractivity contribution < 1.29 is 13.2 Å². The van der Waals surface area contributed by atoms with Crippen LogP contribution in [0.5, 0.6) is 0 Å². The first-order chi connectivity index (χ1) is 7.47. The van der Waals surface area contributed by atoms with Gasteiger partial charge in [0.1, 0.15) is 0 Å². The number of amides is 1. The average Bonchev–Trinajstić information content (AvgIpc) is 2.17. The Hall–Kier alpha value is -0.660. The number of carbonyl (C=O) groups is 1. The van der Waals surface area contributed by atoms with E-state index in [1.54, 1.807) is 0 Å². The smallest absolute Gasteiger partial charge is 0.221 e. The lowest BCUT2D eigenvalue weighted by atomic mass is 10.0.